The summed E-state index contributed by atoms with van der Waals surface area (Å²) < 4.78 is 0. The van der Waals surface area contributed by atoms with Gasteiger partial charge in [0.2, 0.25) is 5.91 Å². The summed E-state index contributed by atoms with van der Waals surface area (Å²) in [4.78, 5) is 37.9. The molecular formula is C18H24N4O3. The van der Waals surface area contributed by atoms with Crippen LogP contribution in [0.5, 0.6) is 0 Å². The molecule has 0 bridgehead atoms. The molecule has 1 saturated carbocycles. The molecule has 1 unspecified atom stereocenters. The van der Waals surface area contributed by atoms with Crippen LogP contribution in [0.25, 0.3) is 0 Å². The number of hydrogen-bond donors (Lipinski definition) is 3. The summed E-state index contributed by atoms with van der Waals surface area (Å²) in [6.45, 7) is 5.08. The lowest BCUT2D eigenvalue weighted by Gasteiger charge is -2.20. The number of urea groups is 1. The third-order valence-electron chi connectivity index (χ3n) is 4.79. The molecule has 0 radical (unpaired) electrons. The molecule has 4 amide bonds. The van der Waals surface area contributed by atoms with E-state index >= 15 is 0 Å². The Kier molecular flexibility index (Phi) is 4.76. The van der Waals surface area contributed by atoms with Gasteiger partial charge in [0.1, 0.15) is 12.1 Å². The van der Waals surface area contributed by atoms with Gasteiger partial charge in [-0.15, -0.1) is 0 Å². The average molecular weight is 344 g/mol. The first-order chi connectivity index (χ1) is 11.9. The fraction of sp³-hybridized carbons (Fsp3) is 0.500. The highest BCUT2D eigenvalue weighted by molar-refractivity contribution is 6.10. The van der Waals surface area contributed by atoms with E-state index in [2.05, 4.69) is 16.0 Å². The van der Waals surface area contributed by atoms with Crippen LogP contribution >= 0.6 is 0 Å². The molecule has 1 atom stereocenters. The Balaban J connectivity index is 1.61. The van der Waals surface area contributed by atoms with Crippen LogP contribution in [0.3, 0.4) is 0 Å². The van der Waals surface area contributed by atoms with E-state index in [9.17, 15) is 14.4 Å². The Morgan fingerprint density at radius 2 is 2.12 bits per heavy atom. The Bertz CT molecular complexity index is 701. The molecule has 7 heteroatoms. The molecule has 1 aliphatic carbocycles. The largest absolute Gasteiger partial charge is 0.325 e. The molecule has 1 saturated heterocycles. The van der Waals surface area contributed by atoms with Crippen molar-refractivity contribution in [1.29, 1.82) is 0 Å². The minimum absolute atomic E-state index is 0.180. The van der Waals surface area contributed by atoms with Crippen molar-refractivity contribution in [3.8, 4) is 0 Å². The van der Waals surface area contributed by atoms with Gasteiger partial charge in [-0.1, -0.05) is 19.1 Å². The van der Waals surface area contributed by atoms with E-state index in [1.54, 1.807) is 13.0 Å². The second-order valence-electron chi connectivity index (χ2n) is 6.83. The number of imide groups is 1. The summed E-state index contributed by atoms with van der Waals surface area (Å²) in [5, 5.41) is 8.72. The van der Waals surface area contributed by atoms with Crippen LogP contribution in [0.2, 0.25) is 0 Å². The SMILES string of the molecule is CCNCc1cccc(NC(=O)CN2C(=O)NC(C)(C3CC3)C2=O)c1. The molecule has 1 aliphatic heterocycles. The first-order valence-corrected chi connectivity index (χ1v) is 8.67. The van der Waals surface area contributed by atoms with Crippen LogP contribution in [0.4, 0.5) is 10.5 Å². The Hall–Kier alpha value is -2.41. The van der Waals surface area contributed by atoms with Crippen molar-refractivity contribution in [3.63, 3.8) is 0 Å². The number of nitrogens with zero attached hydrogens (tertiary/aromatic N) is 1. The summed E-state index contributed by atoms with van der Waals surface area (Å²) in [7, 11) is 0. The molecular weight excluding hydrogens is 320 g/mol. The molecule has 1 aromatic carbocycles. The van der Waals surface area contributed by atoms with Crippen LogP contribution < -0.4 is 16.0 Å². The van der Waals surface area contributed by atoms with E-state index in [0.29, 0.717) is 12.2 Å². The zero-order valence-electron chi connectivity index (χ0n) is 14.6. The standard InChI is InChI=1S/C18H24N4O3/c1-3-19-10-12-5-4-6-14(9-12)20-15(23)11-22-16(24)18(2,13-7-8-13)21-17(22)25/h4-6,9,13,19H,3,7-8,10-11H2,1-2H3,(H,20,23)(H,21,25). The fourth-order valence-corrected chi connectivity index (χ4v) is 3.17. The van der Waals surface area contributed by atoms with Crippen molar-refractivity contribution in [1.82, 2.24) is 15.5 Å². The maximum Gasteiger partial charge on any atom is 0.325 e. The highest BCUT2D eigenvalue weighted by Gasteiger charge is 2.56. The topological polar surface area (TPSA) is 90.5 Å². The maximum atomic E-state index is 12.5. The fourth-order valence-electron chi connectivity index (χ4n) is 3.17. The number of hydrogen-bond acceptors (Lipinski definition) is 4. The summed E-state index contributed by atoms with van der Waals surface area (Å²) in [5.41, 5.74) is 0.844. The molecule has 1 aromatic rings. The Labute approximate surface area is 147 Å². The van der Waals surface area contributed by atoms with Gasteiger partial charge < -0.3 is 16.0 Å². The molecule has 134 valence electrons. The minimum Gasteiger partial charge on any atom is -0.325 e. The predicted octanol–water partition coefficient (Wildman–Crippen LogP) is 1.46. The second-order valence-corrected chi connectivity index (χ2v) is 6.83. The third kappa shape index (κ3) is 3.66. The van der Waals surface area contributed by atoms with Gasteiger partial charge in [0.05, 0.1) is 0 Å². The number of carbonyl (C=O) groups excluding carboxylic acids is 3. The number of amides is 4. The first kappa shape index (κ1) is 17.4. The molecule has 3 N–H and O–H groups in total. The molecule has 0 aromatic heterocycles. The summed E-state index contributed by atoms with van der Waals surface area (Å²) in [6, 6.07) is 7.00. The number of nitrogens with one attached hydrogen (secondary N) is 3. The van der Waals surface area contributed by atoms with Gasteiger partial charge in [0.25, 0.3) is 5.91 Å². The van der Waals surface area contributed by atoms with Crippen LogP contribution in [0, 0.1) is 5.92 Å². The smallest absolute Gasteiger partial charge is 0.325 e. The normalized spacial score (nSPS) is 22.9. The molecule has 1 heterocycles. The van der Waals surface area contributed by atoms with Crippen molar-refractivity contribution >= 4 is 23.5 Å². The van der Waals surface area contributed by atoms with Crippen LogP contribution in [0.15, 0.2) is 24.3 Å². The molecule has 0 spiro atoms. The van der Waals surface area contributed by atoms with Crippen molar-refractivity contribution in [2.45, 2.75) is 38.8 Å². The van der Waals surface area contributed by atoms with Crippen molar-refractivity contribution in [2.24, 2.45) is 5.92 Å². The van der Waals surface area contributed by atoms with E-state index in [-0.39, 0.29) is 24.3 Å². The monoisotopic (exact) mass is 344 g/mol. The lowest BCUT2D eigenvalue weighted by Crippen LogP contribution is -2.46. The Morgan fingerprint density at radius 3 is 2.80 bits per heavy atom. The number of anilines is 1. The van der Waals surface area contributed by atoms with Crippen LogP contribution in [0.1, 0.15) is 32.3 Å². The quantitative estimate of drug-likeness (QED) is 0.653. The molecule has 25 heavy (non-hydrogen) atoms. The predicted molar refractivity (Wildman–Crippen MR) is 93.8 cm³/mol. The minimum atomic E-state index is -0.858. The summed E-state index contributed by atoms with van der Waals surface area (Å²) in [6.07, 6.45) is 1.86. The summed E-state index contributed by atoms with van der Waals surface area (Å²) >= 11 is 0. The second kappa shape index (κ2) is 6.84. The highest BCUT2D eigenvalue weighted by Crippen LogP contribution is 2.42. The van der Waals surface area contributed by atoms with Gasteiger partial charge in [-0.25, -0.2) is 4.79 Å². The van der Waals surface area contributed by atoms with E-state index < -0.39 is 11.6 Å². The number of carbonyl (C=O) groups is 3. The maximum absolute atomic E-state index is 12.5. The molecule has 7 nitrogen and oxygen atoms in total. The first-order valence-electron chi connectivity index (χ1n) is 8.67. The van der Waals surface area contributed by atoms with Crippen LogP contribution in [-0.4, -0.2) is 41.4 Å². The number of benzene rings is 1. The van der Waals surface area contributed by atoms with Gasteiger partial charge >= 0.3 is 6.03 Å². The van der Waals surface area contributed by atoms with Crippen molar-refractivity contribution in [2.75, 3.05) is 18.4 Å². The van der Waals surface area contributed by atoms with Gasteiger partial charge in [0.15, 0.2) is 0 Å². The molecule has 3 rings (SSSR count). The zero-order valence-corrected chi connectivity index (χ0v) is 14.6. The van der Waals surface area contributed by atoms with Gasteiger partial charge in [-0.3, -0.25) is 14.5 Å². The highest BCUT2D eigenvalue weighted by atomic mass is 16.2. The van der Waals surface area contributed by atoms with Crippen molar-refractivity contribution < 1.29 is 14.4 Å². The van der Waals surface area contributed by atoms with E-state index in [1.165, 1.54) is 0 Å². The van der Waals surface area contributed by atoms with E-state index in [4.69, 9.17) is 0 Å². The molecule has 2 aliphatic rings. The van der Waals surface area contributed by atoms with E-state index in [0.717, 1.165) is 29.8 Å². The summed E-state index contributed by atoms with van der Waals surface area (Å²) in [5.74, 6) is -0.514. The van der Waals surface area contributed by atoms with Gasteiger partial charge in [-0.2, -0.15) is 0 Å². The van der Waals surface area contributed by atoms with Crippen molar-refractivity contribution in [3.05, 3.63) is 29.8 Å². The third-order valence-corrected chi connectivity index (χ3v) is 4.79. The average Bonchev–Trinajstić information content (AvgIpc) is 3.40. The Morgan fingerprint density at radius 1 is 1.36 bits per heavy atom. The van der Waals surface area contributed by atoms with Crippen LogP contribution in [-0.2, 0) is 16.1 Å². The lowest BCUT2D eigenvalue weighted by molar-refractivity contribution is -0.134. The van der Waals surface area contributed by atoms with Gasteiger partial charge in [-0.05, 0) is 49.9 Å². The van der Waals surface area contributed by atoms with Gasteiger partial charge in [0, 0.05) is 12.2 Å². The van der Waals surface area contributed by atoms with E-state index in [1.807, 2.05) is 25.1 Å². The number of rotatable bonds is 7. The lowest BCUT2D eigenvalue weighted by atomic mass is 9.96. The zero-order chi connectivity index (χ0) is 18.0. The molecule has 2 fully saturated rings.